The Kier molecular flexibility index (Phi) is 6.53. The van der Waals surface area contributed by atoms with Gasteiger partial charge >= 0.3 is 5.97 Å². The van der Waals surface area contributed by atoms with Gasteiger partial charge in [0.25, 0.3) is 5.91 Å². The number of anilines is 1. The summed E-state index contributed by atoms with van der Waals surface area (Å²) in [5, 5.41) is 47.2. The fourth-order valence-corrected chi connectivity index (χ4v) is 7.74. The van der Waals surface area contributed by atoms with Crippen LogP contribution in [0.15, 0.2) is 72.0 Å². The van der Waals surface area contributed by atoms with Crippen molar-refractivity contribution in [3.05, 3.63) is 88.7 Å². The number of carboxylic acid groups (broad SMARTS) is 1. The van der Waals surface area contributed by atoms with Crippen LogP contribution in [-0.2, 0) is 16.6 Å². The molecule has 5 N–H and O–H groups in total. The lowest BCUT2D eigenvalue weighted by atomic mass is 9.53. The molecule has 44 heavy (non-hydrogen) atoms. The van der Waals surface area contributed by atoms with Crippen LogP contribution >= 0.6 is 0 Å². The van der Waals surface area contributed by atoms with Crippen molar-refractivity contribution in [2.24, 2.45) is 5.92 Å². The second kappa shape index (κ2) is 10.1. The van der Waals surface area contributed by atoms with Gasteiger partial charge in [0.2, 0.25) is 0 Å². The quantitative estimate of drug-likeness (QED) is 0.189. The van der Waals surface area contributed by atoms with E-state index in [-0.39, 0.29) is 34.4 Å². The number of amides is 1. The third-order valence-electron chi connectivity index (χ3n) is 10.3. The fourth-order valence-electron chi connectivity index (χ4n) is 7.74. The van der Waals surface area contributed by atoms with Gasteiger partial charge in [-0.05, 0) is 87.4 Å². The number of nitrogens with one attached hydrogen (secondary N) is 1. The monoisotopic (exact) mass is 596 g/mol. The first-order valence-corrected chi connectivity index (χ1v) is 15.1. The number of carbonyl (C=O) groups excluding carboxylic acids is 1. The molecule has 0 aromatic heterocycles. The van der Waals surface area contributed by atoms with E-state index in [1.165, 1.54) is 31.9 Å². The van der Waals surface area contributed by atoms with E-state index in [9.17, 15) is 30.0 Å². The van der Waals surface area contributed by atoms with Crippen molar-refractivity contribution in [1.29, 1.82) is 0 Å². The number of hydrogen-bond acceptors (Lipinski definition) is 7. The summed E-state index contributed by atoms with van der Waals surface area (Å²) in [5.74, 6) is -1.01. The van der Waals surface area contributed by atoms with Crippen molar-refractivity contribution in [3.63, 3.8) is 0 Å². The Balaban J connectivity index is 1.24. The second-order valence-electron chi connectivity index (χ2n) is 12.9. The highest BCUT2D eigenvalue weighted by atomic mass is 16.5. The number of phenols is 1. The number of aromatic hydroxyl groups is 1. The minimum atomic E-state index is -1.31. The number of aliphatic hydroxyl groups excluding tert-OH is 1. The molecular formula is C35H36N2O7. The fraction of sp³-hybridized carbons (Fsp3) is 0.371. The van der Waals surface area contributed by atoms with Gasteiger partial charge in [-0.25, -0.2) is 4.79 Å². The molecule has 2 heterocycles. The molecule has 0 radical (unpaired) electrons. The van der Waals surface area contributed by atoms with Crippen LogP contribution in [0, 0.1) is 5.92 Å². The predicted molar refractivity (Wildman–Crippen MR) is 164 cm³/mol. The van der Waals surface area contributed by atoms with E-state index in [2.05, 4.69) is 10.2 Å². The average molecular weight is 597 g/mol. The van der Waals surface area contributed by atoms with Crippen molar-refractivity contribution in [3.8, 4) is 22.6 Å². The highest BCUT2D eigenvalue weighted by molar-refractivity contribution is 6.06. The molecule has 1 amide bonds. The summed E-state index contributed by atoms with van der Waals surface area (Å²) in [5.41, 5.74) is 1.42. The van der Waals surface area contributed by atoms with Gasteiger partial charge in [-0.2, -0.15) is 0 Å². The smallest absolute Gasteiger partial charge is 0.335 e. The van der Waals surface area contributed by atoms with E-state index in [1.54, 1.807) is 30.3 Å². The topological polar surface area (TPSA) is 140 Å². The first-order chi connectivity index (χ1) is 21.0. The molecule has 2 aliphatic carbocycles. The lowest BCUT2D eigenvalue weighted by Crippen LogP contribution is -2.73. The summed E-state index contributed by atoms with van der Waals surface area (Å²) in [4.78, 5) is 27.4. The summed E-state index contributed by atoms with van der Waals surface area (Å²) >= 11 is 0. The Morgan fingerprint density at radius 1 is 1.05 bits per heavy atom. The van der Waals surface area contributed by atoms with Crippen LogP contribution in [0.25, 0.3) is 11.1 Å². The van der Waals surface area contributed by atoms with Crippen molar-refractivity contribution >= 4 is 17.6 Å². The summed E-state index contributed by atoms with van der Waals surface area (Å²) in [6.45, 7) is 4.96. The molecule has 3 aromatic carbocycles. The van der Waals surface area contributed by atoms with Crippen LogP contribution < -0.4 is 10.1 Å². The number of phenolic OH excluding ortho intramolecular Hbond substituents is 1. The molecule has 4 atom stereocenters. The standard InChI is InChI=1S/C35H36N2O7/c1-19(32(40)36-25-6-4-3-5-24(25)21-9-11-22(12-10-21)33(41)42)29(39)31-35-15-16-37(18-20-7-8-20)27(34(35,2)43)17-23-13-14-26(38)30(44-31)28(23)35/h3-6,9-14,20,27,31,38-39,43H,7-8,15-18H2,1-2H3,(H,36,40)(H,41,42)/b29-19-/t27-,31+,34-,35+/m1/s1. The lowest BCUT2D eigenvalue weighted by Gasteiger charge is -2.59. The zero-order valence-corrected chi connectivity index (χ0v) is 24.7. The third-order valence-corrected chi connectivity index (χ3v) is 10.3. The number of hydrogen-bond donors (Lipinski definition) is 5. The number of aliphatic hydroxyl groups is 2. The molecular weight excluding hydrogens is 560 g/mol. The van der Waals surface area contributed by atoms with Gasteiger partial charge in [0.15, 0.2) is 17.6 Å². The maximum atomic E-state index is 13.7. The molecule has 9 nitrogen and oxygen atoms in total. The number of para-hydroxylation sites is 1. The number of carbonyl (C=O) groups is 2. The van der Waals surface area contributed by atoms with E-state index in [1.807, 2.05) is 25.1 Å². The molecule has 1 spiro atoms. The number of nitrogens with zero attached hydrogens (tertiary/aromatic N) is 1. The number of piperidine rings is 1. The number of ether oxygens (including phenoxy) is 1. The van der Waals surface area contributed by atoms with Gasteiger partial charge < -0.3 is 30.5 Å². The van der Waals surface area contributed by atoms with E-state index in [0.717, 1.165) is 23.2 Å². The van der Waals surface area contributed by atoms with Crippen molar-refractivity contribution in [1.82, 2.24) is 4.90 Å². The summed E-state index contributed by atoms with van der Waals surface area (Å²) in [6, 6.07) is 16.8. The van der Waals surface area contributed by atoms with Gasteiger partial charge in [-0.1, -0.05) is 36.4 Å². The maximum Gasteiger partial charge on any atom is 0.335 e. The van der Waals surface area contributed by atoms with Crippen LogP contribution in [0.3, 0.4) is 0 Å². The van der Waals surface area contributed by atoms with Gasteiger partial charge in [-0.3, -0.25) is 9.69 Å². The minimum Gasteiger partial charge on any atom is -0.508 e. The molecule has 1 saturated heterocycles. The van der Waals surface area contributed by atoms with E-state index >= 15 is 0 Å². The normalized spacial score (nSPS) is 27.6. The minimum absolute atomic E-state index is 0.0348. The Labute approximate surface area is 255 Å². The van der Waals surface area contributed by atoms with Crippen LogP contribution in [-0.4, -0.2) is 68.0 Å². The summed E-state index contributed by atoms with van der Waals surface area (Å²) in [7, 11) is 0. The first kappa shape index (κ1) is 28.4. The zero-order chi connectivity index (χ0) is 31.0. The van der Waals surface area contributed by atoms with E-state index in [0.29, 0.717) is 36.6 Å². The lowest BCUT2D eigenvalue weighted by molar-refractivity contribution is -0.153. The first-order valence-electron chi connectivity index (χ1n) is 15.1. The highest BCUT2D eigenvalue weighted by Crippen LogP contribution is 2.63. The highest BCUT2D eigenvalue weighted by Gasteiger charge is 2.69. The molecule has 2 bridgehead atoms. The largest absolute Gasteiger partial charge is 0.508 e. The number of aromatic carboxylic acids is 1. The molecule has 1 saturated carbocycles. The van der Waals surface area contributed by atoms with Crippen molar-refractivity contribution < 1.29 is 34.8 Å². The molecule has 228 valence electrons. The van der Waals surface area contributed by atoms with Crippen LogP contribution in [0.4, 0.5) is 5.69 Å². The Hall–Kier alpha value is -4.34. The third kappa shape index (κ3) is 4.21. The Bertz CT molecular complexity index is 1710. The zero-order valence-electron chi connectivity index (χ0n) is 24.7. The molecule has 2 fully saturated rings. The van der Waals surface area contributed by atoms with E-state index < -0.39 is 29.0 Å². The predicted octanol–water partition coefficient (Wildman–Crippen LogP) is 5.02. The molecule has 9 heteroatoms. The SMILES string of the molecule is C/C(C(=O)Nc1ccccc1-c1ccc(C(=O)O)cc1)=C(/O)[C@@H]1Oc2c(O)ccc3c2[C@@]12CCN(CC1CC1)[C@H](C3)[C@@]2(C)O. The van der Waals surface area contributed by atoms with Gasteiger partial charge in [0, 0.05) is 29.4 Å². The van der Waals surface area contributed by atoms with Crippen LogP contribution in [0.5, 0.6) is 11.5 Å². The number of rotatable bonds is 7. The Morgan fingerprint density at radius 3 is 2.48 bits per heavy atom. The molecule has 0 unspecified atom stereocenters. The molecule has 3 aromatic rings. The molecule has 2 aliphatic heterocycles. The number of fused-ring (bicyclic) bond motifs is 1. The maximum absolute atomic E-state index is 13.7. The summed E-state index contributed by atoms with van der Waals surface area (Å²) in [6.07, 6.45) is 2.42. The number of likely N-dealkylation sites (tertiary alicyclic amines) is 1. The van der Waals surface area contributed by atoms with Crippen molar-refractivity contribution in [2.45, 2.75) is 62.7 Å². The number of benzene rings is 3. The van der Waals surface area contributed by atoms with Gasteiger partial charge in [-0.15, -0.1) is 0 Å². The number of carboxylic acids is 1. The Morgan fingerprint density at radius 2 is 1.77 bits per heavy atom. The van der Waals surface area contributed by atoms with Crippen LogP contribution in [0.1, 0.15) is 54.6 Å². The van der Waals surface area contributed by atoms with Gasteiger partial charge in [0.1, 0.15) is 5.76 Å². The molecule has 4 aliphatic rings. The second-order valence-corrected chi connectivity index (χ2v) is 12.9. The van der Waals surface area contributed by atoms with Crippen LogP contribution in [0.2, 0.25) is 0 Å². The summed E-state index contributed by atoms with van der Waals surface area (Å²) < 4.78 is 6.35. The van der Waals surface area contributed by atoms with Gasteiger partial charge in [0.05, 0.1) is 22.2 Å². The average Bonchev–Trinajstić information content (AvgIpc) is 3.75. The molecule has 7 rings (SSSR count). The van der Waals surface area contributed by atoms with Crippen molar-refractivity contribution in [2.75, 3.05) is 18.4 Å². The van der Waals surface area contributed by atoms with E-state index in [4.69, 9.17) is 4.74 Å².